The van der Waals surface area contributed by atoms with Crippen LogP contribution in [0.25, 0.3) is 22.0 Å². The van der Waals surface area contributed by atoms with Crippen molar-refractivity contribution < 1.29 is 13.9 Å². The van der Waals surface area contributed by atoms with Crippen LogP contribution < -0.4 is 5.76 Å². The fourth-order valence-electron chi connectivity index (χ4n) is 3.47. The van der Waals surface area contributed by atoms with E-state index >= 15 is 0 Å². The Balaban J connectivity index is 1.21. The number of aromatic nitrogens is 2. The van der Waals surface area contributed by atoms with Crippen LogP contribution in [0.2, 0.25) is 0 Å². The van der Waals surface area contributed by atoms with Gasteiger partial charge in [-0.15, -0.1) is 0 Å². The Bertz CT molecular complexity index is 1150. The van der Waals surface area contributed by atoms with Gasteiger partial charge in [-0.05, 0) is 43.0 Å². The molecule has 4 rings (SSSR count). The predicted molar refractivity (Wildman–Crippen MR) is 107 cm³/mol. The second-order valence-electron chi connectivity index (χ2n) is 6.77. The molecule has 0 aliphatic heterocycles. The van der Waals surface area contributed by atoms with Gasteiger partial charge in [-0.2, -0.15) is 0 Å². The molecule has 0 amide bonds. The second kappa shape index (κ2) is 8.17. The highest BCUT2D eigenvalue weighted by molar-refractivity contribution is 5.83. The van der Waals surface area contributed by atoms with E-state index in [2.05, 4.69) is 11.1 Å². The van der Waals surface area contributed by atoms with Crippen LogP contribution in [0, 0.1) is 0 Å². The SMILES string of the molecule is O=C(CCCc1c[nH]c2ccccc12)OCCCn1c(=O)oc2ccccc21. The quantitative estimate of drug-likeness (QED) is 0.371. The molecule has 6 heteroatoms. The number of nitrogens with one attached hydrogen (secondary N) is 1. The highest BCUT2D eigenvalue weighted by atomic mass is 16.5. The number of aryl methyl sites for hydroxylation is 2. The third-order valence-electron chi connectivity index (χ3n) is 4.86. The number of para-hydroxylation sites is 3. The Morgan fingerprint density at radius 1 is 1.07 bits per heavy atom. The zero-order chi connectivity index (χ0) is 19.3. The van der Waals surface area contributed by atoms with E-state index in [4.69, 9.17) is 9.15 Å². The van der Waals surface area contributed by atoms with E-state index in [1.165, 1.54) is 10.9 Å². The molecule has 0 spiro atoms. The molecule has 0 radical (unpaired) electrons. The molecule has 1 N–H and O–H groups in total. The molecular formula is C22H22N2O4. The van der Waals surface area contributed by atoms with Crippen LogP contribution in [0.3, 0.4) is 0 Å². The van der Waals surface area contributed by atoms with E-state index in [0.717, 1.165) is 23.9 Å². The minimum absolute atomic E-state index is 0.204. The number of aromatic amines is 1. The van der Waals surface area contributed by atoms with Crippen LogP contribution in [-0.2, 0) is 22.5 Å². The second-order valence-corrected chi connectivity index (χ2v) is 6.77. The van der Waals surface area contributed by atoms with Crippen molar-refractivity contribution >= 4 is 28.0 Å². The zero-order valence-corrected chi connectivity index (χ0v) is 15.5. The lowest BCUT2D eigenvalue weighted by atomic mass is 10.1. The minimum atomic E-state index is -0.383. The average Bonchev–Trinajstić information content (AvgIpc) is 3.26. The summed E-state index contributed by atoms with van der Waals surface area (Å²) in [5.41, 5.74) is 3.66. The summed E-state index contributed by atoms with van der Waals surface area (Å²) in [6, 6.07) is 15.4. The molecule has 28 heavy (non-hydrogen) atoms. The monoisotopic (exact) mass is 378 g/mol. The van der Waals surface area contributed by atoms with Gasteiger partial charge in [-0.1, -0.05) is 30.3 Å². The van der Waals surface area contributed by atoms with Gasteiger partial charge in [0.1, 0.15) is 0 Å². The molecule has 6 nitrogen and oxygen atoms in total. The van der Waals surface area contributed by atoms with Crippen LogP contribution in [0.1, 0.15) is 24.8 Å². The number of hydrogen-bond donors (Lipinski definition) is 1. The Morgan fingerprint density at radius 3 is 2.82 bits per heavy atom. The molecule has 0 aliphatic carbocycles. The summed E-state index contributed by atoms with van der Waals surface area (Å²) in [7, 11) is 0. The molecule has 0 saturated carbocycles. The fourth-order valence-corrected chi connectivity index (χ4v) is 3.47. The van der Waals surface area contributed by atoms with Crippen molar-refractivity contribution in [3.8, 4) is 0 Å². The summed E-state index contributed by atoms with van der Waals surface area (Å²) >= 11 is 0. The van der Waals surface area contributed by atoms with Crippen molar-refractivity contribution in [2.24, 2.45) is 0 Å². The zero-order valence-electron chi connectivity index (χ0n) is 15.5. The van der Waals surface area contributed by atoms with E-state index in [-0.39, 0.29) is 18.3 Å². The van der Waals surface area contributed by atoms with Crippen LogP contribution in [0.4, 0.5) is 0 Å². The van der Waals surface area contributed by atoms with Crippen LogP contribution in [-0.4, -0.2) is 22.1 Å². The molecule has 0 atom stereocenters. The van der Waals surface area contributed by atoms with Crippen molar-refractivity contribution in [1.29, 1.82) is 0 Å². The highest BCUT2D eigenvalue weighted by Gasteiger charge is 2.09. The van der Waals surface area contributed by atoms with E-state index in [1.54, 1.807) is 10.6 Å². The Labute approximate surface area is 161 Å². The van der Waals surface area contributed by atoms with Gasteiger partial charge in [0.25, 0.3) is 0 Å². The first-order valence-corrected chi connectivity index (χ1v) is 9.51. The third-order valence-corrected chi connectivity index (χ3v) is 4.86. The van der Waals surface area contributed by atoms with Crippen molar-refractivity contribution in [3.05, 3.63) is 70.8 Å². The van der Waals surface area contributed by atoms with Crippen LogP contribution in [0.5, 0.6) is 0 Å². The van der Waals surface area contributed by atoms with Gasteiger partial charge in [-0.25, -0.2) is 4.79 Å². The number of benzene rings is 2. The average molecular weight is 378 g/mol. The maximum absolute atomic E-state index is 12.0. The van der Waals surface area contributed by atoms with E-state index in [0.29, 0.717) is 25.0 Å². The summed E-state index contributed by atoms with van der Waals surface area (Å²) in [5, 5.41) is 1.20. The largest absolute Gasteiger partial charge is 0.466 e. The Hall–Kier alpha value is -3.28. The van der Waals surface area contributed by atoms with Gasteiger partial charge in [0.2, 0.25) is 0 Å². The van der Waals surface area contributed by atoms with E-state index in [1.807, 2.05) is 42.6 Å². The lowest BCUT2D eigenvalue weighted by Crippen LogP contribution is -2.16. The summed E-state index contributed by atoms with van der Waals surface area (Å²) in [5.74, 6) is -0.588. The summed E-state index contributed by atoms with van der Waals surface area (Å²) in [6.45, 7) is 0.746. The molecule has 2 heterocycles. The predicted octanol–water partition coefficient (Wildman–Crippen LogP) is 4.03. The molecule has 2 aromatic heterocycles. The number of rotatable bonds is 8. The number of fused-ring (bicyclic) bond motifs is 2. The van der Waals surface area contributed by atoms with Gasteiger partial charge in [0.05, 0.1) is 12.1 Å². The third kappa shape index (κ3) is 3.86. The Morgan fingerprint density at radius 2 is 1.89 bits per heavy atom. The first kappa shape index (κ1) is 18.1. The molecule has 0 unspecified atom stereocenters. The van der Waals surface area contributed by atoms with Crippen molar-refractivity contribution in [2.45, 2.75) is 32.2 Å². The molecule has 4 aromatic rings. The normalized spacial score (nSPS) is 11.3. The number of carbonyl (C=O) groups is 1. The first-order chi connectivity index (χ1) is 13.7. The number of oxazole rings is 1. The van der Waals surface area contributed by atoms with Gasteiger partial charge >= 0.3 is 11.7 Å². The van der Waals surface area contributed by atoms with Gasteiger partial charge in [0.15, 0.2) is 5.58 Å². The molecule has 0 bridgehead atoms. The summed E-state index contributed by atoms with van der Waals surface area (Å²) in [4.78, 5) is 27.1. The van der Waals surface area contributed by atoms with Crippen LogP contribution in [0.15, 0.2) is 63.9 Å². The summed E-state index contributed by atoms with van der Waals surface area (Å²) < 4.78 is 12.1. The molecule has 0 aliphatic rings. The summed E-state index contributed by atoms with van der Waals surface area (Å²) in [6.07, 6.45) is 4.52. The number of esters is 1. The smallest absolute Gasteiger partial charge is 0.419 e. The number of nitrogens with zero attached hydrogens (tertiary/aromatic N) is 1. The molecule has 144 valence electrons. The lowest BCUT2D eigenvalue weighted by molar-refractivity contribution is -0.143. The van der Waals surface area contributed by atoms with Crippen molar-refractivity contribution in [1.82, 2.24) is 9.55 Å². The van der Waals surface area contributed by atoms with E-state index in [9.17, 15) is 9.59 Å². The maximum Gasteiger partial charge on any atom is 0.419 e. The number of H-pyrrole nitrogens is 1. The van der Waals surface area contributed by atoms with Crippen molar-refractivity contribution in [3.63, 3.8) is 0 Å². The molecule has 0 fully saturated rings. The number of hydrogen-bond acceptors (Lipinski definition) is 4. The number of carbonyl (C=O) groups excluding carboxylic acids is 1. The van der Waals surface area contributed by atoms with Gasteiger partial charge in [-0.3, -0.25) is 9.36 Å². The van der Waals surface area contributed by atoms with Gasteiger partial charge < -0.3 is 14.1 Å². The maximum atomic E-state index is 12.0. The lowest BCUT2D eigenvalue weighted by Gasteiger charge is -2.05. The first-order valence-electron chi connectivity index (χ1n) is 9.51. The molecule has 2 aromatic carbocycles. The number of ether oxygens (including phenoxy) is 1. The molecular weight excluding hydrogens is 356 g/mol. The topological polar surface area (TPSA) is 77.2 Å². The fraction of sp³-hybridized carbons (Fsp3) is 0.273. The minimum Gasteiger partial charge on any atom is -0.466 e. The van der Waals surface area contributed by atoms with Crippen molar-refractivity contribution in [2.75, 3.05) is 6.61 Å². The van der Waals surface area contributed by atoms with Gasteiger partial charge in [0, 0.05) is 30.1 Å². The van der Waals surface area contributed by atoms with E-state index < -0.39 is 0 Å². The molecule has 0 saturated heterocycles. The Kier molecular flexibility index (Phi) is 5.28. The van der Waals surface area contributed by atoms with Crippen LogP contribution >= 0.6 is 0 Å². The highest BCUT2D eigenvalue weighted by Crippen LogP contribution is 2.19. The standard InChI is InChI=1S/C22H22N2O4/c25-21(12-5-7-16-15-23-18-9-2-1-8-17(16)18)27-14-6-13-24-19-10-3-4-11-20(19)28-22(24)26/h1-4,8-11,15,23H,5-7,12-14H2.